The highest BCUT2D eigenvalue weighted by molar-refractivity contribution is 6.04. The first-order chi connectivity index (χ1) is 15.4. The van der Waals surface area contributed by atoms with Crippen LogP contribution < -0.4 is 16.2 Å². The summed E-state index contributed by atoms with van der Waals surface area (Å²) < 4.78 is 1.45. The fourth-order valence-corrected chi connectivity index (χ4v) is 4.95. The number of aryl methyl sites for hydroxylation is 1. The Balaban J connectivity index is 1.34. The Bertz CT molecular complexity index is 1040. The lowest BCUT2D eigenvalue weighted by atomic mass is 9.83. The lowest BCUT2D eigenvalue weighted by Gasteiger charge is -2.44. The Hall–Kier alpha value is -2.93. The summed E-state index contributed by atoms with van der Waals surface area (Å²) in [5, 5.41) is 5.85. The Morgan fingerprint density at radius 3 is 2.50 bits per heavy atom. The number of fused-ring (bicyclic) bond motifs is 1. The molecule has 0 unspecified atom stereocenters. The van der Waals surface area contributed by atoms with E-state index in [9.17, 15) is 14.4 Å². The van der Waals surface area contributed by atoms with Gasteiger partial charge in [-0.1, -0.05) is 6.42 Å². The zero-order chi connectivity index (χ0) is 22.7. The zero-order valence-corrected chi connectivity index (χ0v) is 18.9. The van der Waals surface area contributed by atoms with Crippen LogP contribution in [0.5, 0.6) is 0 Å². The van der Waals surface area contributed by atoms with Crippen LogP contribution in [0.3, 0.4) is 0 Å². The fourth-order valence-electron chi connectivity index (χ4n) is 4.95. The smallest absolute Gasteiger partial charge is 0.263 e. The molecule has 2 aliphatic rings. The summed E-state index contributed by atoms with van der Waals surface area (Å²) in [6, 6.07) is 10.7. The van der Waals surface area contributed by atoms with Crippen LogP contribution in [0.15, 0.2) is 41.2 Å². The second-order valence-corrected chi connectivity index (χ2v) is 9.00. The third-order valence-electron chi connectivity index (χ3n) is 6.96. The van der Waals surface area contributed by atoms with Crippen LogP contribution in [0.25, 0.3) is 0 Å². The lowest BCUT2D eigenvalue weighted by molar-refractivity contribution is 0.0575. The molecule has 32 heavy (non-hydrogen) atoms. The minimum atomic E-state index is -0.461. The molecule has 0 spiro atoms. The molecule has 2 atom stereocenters. The SMILES string of the molecule is Cc1ccc(C(=O)Nc2ccc(C(=O)NC[C@H]3CCCN4CCCC[C@H]34)cc2)c(=O)n1C. The minimum Gasteiger partial charge on any atom is -0.352 e. The maximum atomic E-state index is 12.7. The molecule has 2 saturated heterocycles. The fraction of sp³-hybridized carbons (Fsp3) is 0.480. The summed E-state index contributed by atoms with van der Waals surface area (Å²) in [6.07, 6.45) is 6.18. The molecular weight excluding hydrogens is 404 g/mol. The van der Waals surface area contributed by atoms with Crippen molar-refractivity contribution in [3.05, 3.63) is 63.6 Å². The minimum absolute atomic E-state index is 0.0872. The van der Waals surface area contributed by atoms with Gasteiger partial charge < -0.3 is 20.1 Å². The van der Waals surface area contributed by atoms with Crippen molar-refractivity contribution in [1.29, 1.82) is 0 Å². The van der Waals surface area contributed by atoms with Gasteiger partial charge in [-0.25, -0.2) is 0 Å². The number of carbonyl (C=O) groups excluding carboxylic acids is 2. The number of benzene rings is 1. The number of nitrogens with zero attached hydrogens (tertiary/aromatic N) is 2. The number of aromatic nitrogens is 1. The van der Waals surface area contributed by atoms with Gasteiger partial charge in [0.05, 0.1) is 0 Å². The van der Waals surface area contributed by atoms with E-state index in [1.165, 1.54) is 55.8 Å². The maximum absolute atomic E-state index is 12.7. The summed E-state index contributed by atoms with van der Waals surface area (Å²) in [7, 11) is 1.64. The number of rotatable bonds is 5. The quantitative estimate of drug-likeness (QED) is 0.755. The zero-order valence-electron chi connectivity index (χ0n) is 18.9. The monoisotopic (exact) mass is 436 g/mol. The molecule has 2 fully saturated rings. The van der Waals surface area contributed by atoms with Crippen molar-refractivity contribution in [1.82, 2.24) is 14.8 Å². The molecule has 2 N–H and O–H groups in total. The second-order valence-electron chi connectivity index (χ2n) is 9.00. The van der Waals surface area contributed by atoms with Crippen LogP contribution in [-0.4, -0.2) is 47.0 Å². The first kappa shape index (κ1) is 22.3. The van der Waals surface area contributed by atoms with E-state index in [1.807, 2.05) is 6.92 Å². The Morgan fingerprint density at radius 1 is 0.969 bits per heavy atom. The number of pyridine rings is 1. The molecule has 0 radical (unpaired) electrons. The largest absolute Gasteiger partial charge is 0.352 e. The van der Waals surface area contributed by atoms with Crippen molar-refractivity contribution < 1.29 is 9.59 Å². The molecule has 2 amide bonds. The molecule has 0 bridgehead atoms. The predicted molar refractivity (Wildman–Crippen MR) is 125 cm³/mol. The number of amides is 2. The van der Waals surface area contributed by atoms with E-state index in [4.69, 9.17) is 0 Å². The summed E-state index contributed by atoms with van der Waals surface area (Å²) in [5.74, 6) is -0.0379. The van der Waals surface area contributed by atoms with E-state index < -0.39 is 5.91 Å². The van der Waals surface area contributed by atoms with Crippen LogP contribution in [0.4, 0.5) is 5.69 Å². The van der Waals surface area contributed by atoms with Crippen molar-refractivity contribution >= 4 is 17.5 Å². The van der Waals surface area contributed by atoms with Gasteiger partial charge in [0, 0.05) is 36.6 Å². The summed E-state index contributed by atoms with van der Waals surface area (Å²) in [6.45, 7) is 4.90. The first-order valence-corrected chi connectivity index (χ1v) is 11.5. The van der Waals surface area contributed by atoms with Crippen LogP contribution >= 0.6 is 0 Å². The van der Waals surface area contributed by atoms with Gasteiger partial charge in [-0.3, -0.25) is 14.4 Å². The molecule has 7 nitrogen and oxygen atoms in total. The topological polar surface area (TPSA) is 83.4 Å². The second kappa shape index (κ2) is 9.69. The number of piperidine rings is 2. The van der Waals surface area contributed by atoms with Gasteiger partial charge in [-0.2, -0.15) is 0 Å². The van der Waals surface area contributed by atoms with Crippen LogP contribution in [0, 0.1) is 12.8 Å². The highest BCUT2D eigenvalue weighted by Gasteiger charge is 2.32. The third kappa shape index (κ3) is 4.78. The molecule has 0 aliphatic carbocycles. The molecule has 0 saturated carbocycles. The molecule has 1 aromatic heterocycles. The van der Waals surface area contributed by atoms with E-state index in [-0.39, 0.29) is 17.0 Å². The molecule has 2 aromatic rings. The molecule has 1 aromatic carbocycles. The molecule has 4 rings (SSSR count). The average Bonchev–Trinajstić information content (AvgIpc) is 2.81. The Morgan fingerprint density at radius 2 is 1.72 bits per heavy atom. The maximum Gasteiger partial charge on any atom is 0.263 e. The van der Waals surface area contributed by atoms with Crippen molar-refractivity contribution in [2.45, 2.75) is 45.1 Å². The van der Waals surface area contributed by atoms with Crippen LogP contribution in [0.2, 0.25) is 0 Å². The number of hydrogen-bond donors (Lipinski definition) is 2. The third-order valence-corrected chi connectivity index (χ3v) is 6.96. The Kier molecular flexibility index (Phi) is 6.74. The average molecular weight is 437 g/mol. The van der Waals surface area contributed by atoms with E-state index in [0.717, 1.165) is 5.69 Å². The summed E-state index contributed by atoms with van der Waals surface area (Å²) in [5.41, 5.74) is 1.64. The van der Waals surface area contributed by atoms with Gasteiger partial charge in [-0.05, 0) is 88.0 Å². The van der Waals surface area contributed by atoms with E-state index in [2.05, 4.69) is 15.5 Å². The van der Waals surface area contributed by atoms with Gasteiger partial charge in [0.2, 0.25) is 0 Å². The predicted octanol–water partition coefficient (Wildman–Crippen LogP) is 2.94. The lowest BCUT2D eigenvalue weighted by Crippen LogP contribution is -2.51. The summed E-state index contributed by atoms with van der Waals surface area (Å²) in [4.78, 5) is 40.1. The first-order valence-electron chi connectivity index (χ1n) is 11.5. The van der Waals surface area contributed by atoms with Gasteiger partial charge in [0.25, 0.3) is 17.4 Å². The van der Waals surface area contributed by atoms with E-state index in [0.29, 0.717) is 29.8 Å². The van der Waals surface area contributed by atoms with E-state index in [1.54, 1.807) is 37.4 Å². The molecule has 170 valence electrons. The van der Waals surface area contributed by atoms with Crippen LogP contribution in [0.1, 0.15) is 58.5 Å². The molecule has 2 aliphatic heterocycles. The normalized spacial score (nSPS) is 20.9. The molecular formula is C25H32N4O3. The van der Waals surface area contributed by atoms with Crippen molar-refractivity contribution in [2.75, 3.05) is 25.0 Å². The van der Waals surface area contributed by atoms with Gasteiger partial charge in [0.1, 0.15) is 5.56 Å². The van der Waals surface area contributed by atoms with Gasteiger partial charge in [-0.15, -0.1) is 0 Å². The van der Waals surface area contributed by atoms with E-state index >= 15 is 0 Å². The number of hydrogen-bond acceptors (Lipinski definition) is 4. The van der Waals surface area contributed by atoms with Gasteiger partial charge >= 0.3 is 0 Å². The van der Waals surface area contributed by atoms with Crippen LogP contribution in [-0.2, 0) is 7.05 Å². The standard InChI is InChI=1S/C25H32N4O3/c1-17-8-13-21(25(32)28(17)2)24(31)27-20-11-9-18(10-12-20)23(30)26-16-19-6-5-15-29-14-4-3-7-22(19)29/h8-13,19,22H,3-7,14-16H2,1-2H3,(H,26,30)(H,27,31)/t19-,22-/m1/s1. The molecule has 7 heteroatoms. The molecule has 3 heterocycles. The number of nitrogens with one attached hydrogen (secondary N) is 2. The van der Waals surface area contributed by atoms with Crippen molar-refractivity contribution in [3.8, 4) is 0 Å². The number of carbonyl (C=O) groups is 2. The Labute approximate surface area is 188 Å². The number of anilines is 1. The highest BCUT2D eigenvalue weighted by Crippen LogP contribution is 2.30. The highest BCUT2D eigenvalue weighted by atomic mass is 16.2. The van der Waals surface area contributed by atoms with Gasteiger partial charge in [0.15, 0.2) is 0 Å². The van der Waals surface area contributed by atoms with Crippen molar-refractivity contribution in [2.24, 2.45) is 13.0 Å². The van der Waals surface area contributed by atoms with Crippen molar-refractivity contribution in [3.63, 3.8) is 0 Å². The summed E-state index contributed by atoms with van der Waals surface area (Å²) >= 11 is 0.